The Hall–Kier alpha value is -0.570. The van der Waals surface area contributed by atoms with Crippen LogP contribution in [0, 0.1) is 11.8 Å². The Bertz CT molecular complexity index is 224. The molecule has 2 rings (SSSR count). The zero-order valence-corrected chi connectivity index (χ0v) is 9.17. The molecule has 3 heteroatoms. The molecule has 0 unspecified atom stereocenters. The molecule has 1 N–H and O–H groups in total. The maximum atomic E-state index is 11.9. The maximum absolute atomic E-state index is 11.9. The molecule has 80 valence electrons. The number of hydrogen-bond donors (Lipinski definition) is 1. The van der Waals surface area contributed by atoms with Gasteiger partial charge in [0.25, 0.3) is 0 Å². The molecule has 14 heavy (non-hydrogen) atoms. The Labute approximate surface area is 85.2 Å². The molecule has 2 fully saturated rings. The summed E-state index contributed by atoms with van der Waals surface area (Å²) in [7, 11) is 0. The van der Waals surface area contributed by atoms with Crippen LogP contribution in [0.15, 0.2) is 0 Å². The quantitative estimate of drug-likeness (QED) is 0.644. The van der Waals surface area contributed by atoms with Crippen LogP contribution in [0.2, 0.25) is 0 Å². The van der Waals surface area contributed by atoms with E-state index in [0.717, 1.165) is 13.0 Å². The lowest BCUT2D eigenvalue weighted by Crippen LogP contribution is -2.34. The van der Waals surface area contributed by atoms with Crippen molar-refractivity contribution in [3.8, 4) is 0 Å². The Morgan fingerprint density at radius 1 is 1.36 bits per heavy atom. The number of carbonyl (C=O) groups excluding carboxylic acids is 1. The third-order valence-corrected chi connectivity index (χ3v) is 3.11. The van der Waals surface area contributed by atoms with Crippen LogP contribution in [0.5, 0.6) is 0 Å². The van der Waals surface area contributed by atoms with Crippen molar-refractivity contribution in [3.63, 3.8) is 0 Å². The number of fused-ring (bicyclic) bond motifs is 2. The molecule has 0 aromatic carbocycles. The van der Waals surface area contributed by atoms with Crippen LogP contribution in [0.4, 0.5) is 0 Å². The third kappa shape index (κ3) is 1.78. The average Bonchev–Trinajstić information content (AvgIpc) is 2.57. The summed E-state index contributed by atoms with van der Waals surface area (Å²) in [5.41, 5.74) is -0.348. The number of carbonyl (C=O) groups is 1. The van der Waals surface area contributed by atoms with Gasteiger partial charge in [-0.15, -0.1) is 0 Å². The van der Waals surface area contributed by atoms with Crippen LogP contribution in [-0.4, -0.2) is 24.2 Å². The molecule has 0 amide bonds. The Morgan fingerprint density at radius 3 is 2.43 bits per heavy atom. The number of piperidine rings is 1. The lowest BCUT2D eigenvalue weighted by molar-refractivity contribution is -0.160. The summed E-state index contributed by atoms with van der Waals surface area (Å²) in [4.78, 5) is 11.9. The van der Waals surface area contributed by atoms with Crippen molar-refractivity contribution in [2.45, 2.75) is 45.3 Å². The van der Waals surface area contributed by atoms with Gasteiger partial charge in [-0.25, -0.2) is 0 Å². The maximum Gasteiger partial charge on any atom is 0.311 e. The van der Waals surface area contributed by atoms with E-state index >= 15 is 0 Å². The Balaban J connectivity index is 1.99. The minimum Gasteiger partial charge on any atom is -0.460 e. The predicted molar refractivity (Wildman–Crippen MR) is 53.8 cm³/mol. The summed E-state index contributed by atoms with van der Waals surface area (Å²) >= 11 is 0. The van der Waals surface area contributed by atoms with E-state index in [-0.39, 0.29) is 17.5 Å². The van der Waals surface area contributed by atoms with Gasteiger partial charge in [-0.3, -0.25) is 4.79 Å². The van der Waals surface area contributed by atoms with Gasteiger partial charge in [0.2, 0.25) is 0 Å². The number of ether oxygens (including phenoxy) is 1. The summed E-state index contributed by atoms with van der Waals surface area (Å²) < 4.78 is 5.42. The van der Waals surface area contributed by atoms with E-state index in [1.165, 1.54) is 6.42 Å². The van der Waals surface area contributed by atoms with Crippen molar-refractivity contribution in [3.05, 3.63) is 0 Å². The second kappa shape index (κ2) is 3.23. The number of nitrogens with one attached hydrogen (secondary N) is 1. The number of rotatable bonds is 1. The van der Waals surface area contributed by atoms with Crippen LogP contribution < -0.4 is 5.32 Å². The van der Waals surface area contributed by atoms with Gasteiger partial charge in [-0.1, -0.05) is 0 Å². The zero-order valence-electron chi connectivity index (χ0n) is 9.17. The van der Waals surface area contributed by atoms with Gasteiger partial charge >= 0.3 is 5.97 Å². The second-order valence-electron chi connectivity index (χ2n) is 5.41. The first-order chi connectivity index (χ1) is 6.47. The fraction of sp³-hybridized carbons (Fsp3) is 0.909. The highest BCUT2D eigenvalue weighted by molar-refractivity contribution is 5.75. The summed E-state index contributed by atoms with van der Waals surface area (Å²) in [5, 5.41) is 3.37. The van der Waals surface area contributed by atoms with E-state index in [1.807, 2.05) is 20.8 Å². The molecule has 2 aliphatic rings. The van der Waals surface area contributed by atoms with Crippen molar-refractivity contribution in [1.82, 2.24) is 5.32 Å². The molecule has 3 atom stereocenters. The first-order valence-corrected chi connectivity index (χ1v) is 5.43. The monoisotopic (exact) mass is 197 g/mol. The first-order valence-electron chi connectivity index (χ1n) is 5.43. The largest absolute Gasteiger partial charge is 0.460 e. The van der Waals surface area contributed by atoms with Gasteiger partial charge in [0.05, 0.1) is 5.92 Å². The lowest BCUT2D eigenvalue weighted by Gasteiger charge is -2.23. The summed E-state index contributed by atoms with van der Waals surface area (Å²) in [5.74, 6) is 0.638. The highest BCUT2D eigenvalue weighted by atomic mass is 16.6. The molecule has 0 spiro atoms. The molecule has 1 heterocycles. The van der Waals surface area contributed by atoms with Gasteiger partial charge in [0, 0.05) is 6.04 Å². The molecule has 1 saturated carbocycles. The standard InChI is InChI=1S/C11H19NO2/c1-11(2,3)14-10(13)9-7-4-5-8(9)12-6-7/h7-9,12H,4-6H2,1-3H3/t7-,8-,9-/m1/s1. The SMILES string of the molecule is CC(C)(C)OC(=O)[C@@H]1[C@@H]2CC[C@H]1NC2. The molecule has 1 aliphatic carbocycles. The van der Waals surface area contributed by atoms with Crippen LogP contribution in [0.3, 0.4) is 0 Å². The molecule has 0 aromatic heterocycles. The molecule has 1 saturated heterocycles. The molecular weight excluding hydrogens is 178 g/mol. The van der Waals surface area contributed by atoms with Crippen LogP contribution in [0.1, 0.15) is 33.6 Å². The van der Waals surface area contributed by atoms with Crippen molar-refractivity contribution in [2.75, 3.05) is 6.54 Å². The lowest BCUT2D eigenvalue weighted by atomic mass is 9.98. The number of esters is 1. The van der Waals surface area contributed by atoms with E-state index in [9.17, 15) is 4.79 Å². The average molecular weight is 197 g/mol. The fourth-order valence-electron chi connectivity index (χ4n) is 2.57. The molecule has 1 aliphatic heterocycles. The van der Waals surface area contributed by atoms with Crippen molar-refractivity contribution in [1.29, 1.82) is 0 Å². The van der Waals surface area contributed by atoms with Gasteiger partial charge in [0.15, 0.2) is 0 Å². The van der Waals surface area contributed by atoms with E-state index < -0.39 is 0 Å². The van der Waals surface area contributed by atoms with Gasteiger partial charge in [0.1, 0.15) is 5.60 Å². The second-order valence-corrected chi connectivity index (χ2v) is 5.41. The van der Waals surface area contributed by atoms with Gasteiger partial charge in [-0.05, 0) is 46.1 Å². The van der Waals surface area contributed by atoms with E-state index in [4.69, 9.17) is 4.74 Å². The van der Waals surface area contributed by atoms with E-state index in [2.05, 4.69) is 5.32 Å². The summed E-state index contributed by atoms with van der Waals surface area (Å²) in [6.07, 6.45) is 2.32. The first kappa shape index (κ1) is 9.97. The summed E-state index contributed by atoms with van der Waals surface area (Å²) in [6, 6.07) is 0.384. The van der Waals surface area contributed by atoms with Crippen LogP contribution in [0.25, 0.3) is 0 Å². The molecule has 3 nitrogen and oxygen atoms in total. The molecule has 0 radical (unpaired) electrons. The Kier molecular flexibility index (Phi) is 2.30. The van der Waals surface area contributed by atoms with Crippen molar-refractivity contribution in [2.24, 2.45) is 11.8 Å². The molecular formula is C11H19NO2. The molecule has 0 aromatic rings. The van der Waals surface area contributed by atoms with Crippen LogP contribution >= 0.6 is 0 Å². The minimum absolute atomic E-state index is 0.00463. The Morgan fingerprint density at radius 2 is 2.07 bits per heavy atom. The normalized spacial score (nSPS) is 36.1. The smallest absolute Gasteiger partial charge is 0.311 e. The van der Waals surface area contributed by atoms with E-state index in [1.54, 1.807) is 0 Å². The highest BCUT2D eigenvalue weighted by Crippen LogP contribution is 2.38. The number of hydrogen-bond acceptors (Lipinski definition) is 3. The third-order valence-electron chi connectivity index (χ3n) is 3.11. The molecule has 2 bridgehead atoms. The van der Waals surface area contributed by atoms with Gasteiger partial charge < -0.3 is 10.1 Å². The van der Waals surface area contributed by atoms with Crippen molar-refractivity contribution < 1.29 is 9.53 Å². The van der Waals surface area contributed by atoms with Crippen LogP contribution in [-0.2, 0) is 9.53 Å². The minimum atomic E-state index is -0.348. The highest BCUT2D eigenvalue weighted by Gasteiger charge is 2.47. The fourth-order valence-corrected chi connectivity index (χ4v) is 2.57. The zero-order chi connectivity index (χ0) is 10.3. The van der Waals surface area contributed by atoms with E-state index in [0.29, 0.717) is 12.0 Å². The van der Waals surface area contributed by atoms with Crippen molar-refractivity contribution >= 4 is 5.97 Å². The topological polar surface area (TPSA) is 38.3 Å². The summed E-state index contributed by atoms with van der Waals surface area (Å²) in [6.45, 7) is 6.77. The van der Waals surface area contributed by atoms with Gasteiger partial charge in [-0.2, -0.15) is 0 Å². The predicted octanol–water partition coefficient (Wildman–Crippen LogP) is 1.33.